The zero-order valence-corrected chi connectivity index (χ0v) is 11.6. The van der Waals surface area contributed by atoms with Gasteiger partial charge in [-0.05, 0) is 0 Å². The number of fused-ring (bicyclic) bond motifs is 3. The van der Waals surface area contributed by atoms with E-state index in [1.807, 2.05) is 0 Å². The monoisotopic (exact) mass is 366 g/mol. The summed E-state index contributed by atoms with van der Waals surface area (Å²) in [6.07, 6.45) is -3.03. The third-order valence-electron chi connectivity index (χ3n) is 3.82. The minimum atomic E-state index is -5.26. The molecule has 1 aliphatic carbocycles. The second-order valence-corrected chi connectivity index (χ2v) is 7.62. The summed E-state index contributed by atoms with van der Waals surface area (Å²) in [7, 11) is -10.2. The van der Waals surface area contributed by atoms with Crippen molar-refractivity contribution in [2.24, 2.45) is 0 Å². The zero-order chi connectivity index (χ0) is 16.6. The molecule has 0 aromatic heterocycles. The smallest absolute Gasteiger partial charge is 0.382 e. The molecule has 22 heavy (non-hydrogen) atoms. The van der Waals surface area contributed by atoms with Gasteiger partial charge in [0.2, 0.25) is 0 Å². The van der Waals surface area contributed by atoms with Crippen LogP contribution in [0.3, 0.4) is 0 Å². The molecule has 14 nitrogen and oxygen atoms in total. The normalized spacial score (nSPS) is 68.2. The molecule has 3 saturated heterocycles. The third kappa shape index (κ3) is 1.15. The highest BCUT2D eigenvalue weighted by atomic mass is 32.3. The maximum absolute atomic E-state index is 11.9. The van der Waals surface area contributed by atoms with Crippen LogP contribution < -0.4 is 0 Å². The Morgan fingerprint density at radius 1 is 0.818 bits per heavy atom. The minimum absolute atomic E-state index is 3.03. The van der Waals surface area contributed by atoms with Crippen LogP contribution in [0.25, 0.3) is 0 Å². The van der Waals surface area contributed by atoms with Gasteiger partial charge in [-0.3, -0.25) is 0 Å². The van der Waals surface area contributed by atoms with Crippen molar-refractivity contribution in [3.63, 3.8) is 0 Å². The van der Waals surface area contributed by atoms with Crippen molar-refractivity contribution in [3.8, 4) is 0 Å². The first-order valence-electron chi connectivity index (χ1n) is 5.37. The highest BCUT2D eigenvalue weighted by Crippen LogP contribution is 2.80. The Morgan fingerprint density at radius 2 is 1.36 bits per heavy atom. The molecule has 4 rings (SSSR count). The van der Waals surface area contributed by atoms with Gasteiger partial charge < -0.3 is 30.6 Å². The van der Waals surface area contributed by atoms with Gasteiger partial charge in [0, 0.05) is 0 Å². The molecule has 16 heteroatoms. The van der Waals surface area contributed by atoms with Crippen molar-refractivity contribution in [2.75, 3.05) is 0 Å². The Labute approximate surface area is 119 Å². The van der Waals surface area contributed by atoms with E-state index in [2.05, 4.69) is 21.9 Å². The van der Waals surface area contributed by atoms with Crippen LogP contribution in [-0.2, 0) is 36.9 Å². The van der Waals surface area contributed by atoms with Crippen LogP contribution in [0, 0.1) is 0 Å². The topological polar surface area (TPSA) is 219 Å². The maximum atomic E-state index is 11.9. The van der Waals surface area contributed by atoms with Crippen LogP contribution in [0.4, 0.5) is 0 Å². The van der Waals surface area contributed by atoms with E-state index in [9.17, 15) is 43.6 Å². The van der Waals surface area contributed by atoms with E-state index in [1.54, 1.807) is 0 Å². The first-order valence-corrected chi connectivity index (χ1v) is 8.17. The summed E-state index contributed by atoms with van der Waals surface area (Å²) in [6, 6.07) is 0. The Balaban J connectivity index is 2.07. The fourth-order valence-corrected chi connectivity index (χ4v) is 5.70. The summed E-state index contributed by atoms with van der Waals surface area (Å²) in [6.45, 7) is 0. The summed E-state index contributed by atoms with van der Waals surface area (Å²) in [5, 5.41) is 60.7. The van der Waals surface area contributed by atoms with Gasteiger partial charge >= 0.3 is 24.0 Å². The molecule has 7 atom stereocenters. The fourth-order valence-electron chi connectivity index (χ4n) is 2.80. The number of hydrogen-bond acceptors (Lipinski definition) is 14. The third-order valence-corrected chi connectivity index (χ3v) is 6.20. The number of rotatable bonds is 0. The fraction of sp³-hybridized carbons (Fsp3) is 1.00. The van der Waals surface area contributed by atoms with Crippen LogP contribution in [0.5, 0.6) is 0 Å². The van der Waals surface area contributed by atoms with Gasteiger partial charge in [-0.15, -0.1) is 0 Å². The Morgan fingerprint density at radius 3 is 1.91 bits per heavy atom. The van der Waals surface area contributed by atoms with Gasteiger partial charge in [0.1, 0.15) is 0 Å². The second-order valence-electron chi connectivity index (χ2n) is 5.02. The van der Waals surface area contributed by atoms with Crippen molar-refractivity contribution in [1.29, 1.82) is 0 Å². The lowest BCUT2D eigenvalue weighted by Gasteiger charge is -2.57. The molecule has 0 aromatic carbocycles. The van der Waals surface area contributed by atoms with Gasteiger partial charge in [0.15, 0.2) is 6.10 Å². The highest BCUT2D eigenvalue weighted by Gasteiger charge is 3.01. The van der Waals surface area contributed by atoms with Gasteiger partial charge in [0.25, 0.3) is 23.1 Å². The average Bonchev–Trinajstić information content (AvgIpc) is 2.75. The van der Waals surface area contributed by atoms with Crippen molar-refractivity contribution < 1.29 is 65.6 Å². The molecule has 4 fully saturated rings. The van der Waals surface area contributed by atoms with Gasteiger partial charge in [-0.25, -0.2) is 26.5 Å². The van der Waals surface area contributed by atoms with Gasteiger partial charge in [-0.2, -0.15) is 8.42 Å². The number of phosphoric ester groups is 1. The van der Waals surface area contributed by atoms with E-state index in [4.69, 9.17) is 0 Å². The van der Waals surface area contributed by atoms with Crippen molar-refractivity contribution in [2.45, 2.75) is 35.0 Å². The average molecular weight is 366 g/mol. The van der Waals surface area contributed by atoms with E-state index < -0.39 is 53.3 Å². The molecule has 2 bridgehead atoms. The van der Waals surface area contributed by atoms with Crippen LogP contribution in [0.1, 0.15) is 0 Å². The van der Waals surface area contributed by atoms with Crippen LogP contribution in [0.2, 0.25) is 0 Å². The molecule has 0 amide bonds. The number of aliphatic hydroxyl groups is 6. The molecular formula is C6H7O14PS. The molecule has 3 heterocycles. The first-order chi connectivity index (χ1) is 9.69. The van der Waals surface area contributed by atoms with Crippen LogP contribution >= 0.6 is 7.82 Å². The summed E-state index contributed by atoms with van der Waals surface area (Å²) in [4.78, 5) is 0. The predicted octanol–water partition coefficient (Wildman–Crippen LogP) is -4.72. The zero-order valence-electron chi connectivity index (χ0n) is 9.88. The second kappa shape index (κ2) is 3.27. The van der Waals surface area contributed by atoms with Crippen LogP contribution in [0.15, 0.2) is 0 Å². The standard InChI is InChI=1S/C6H7O14PS/c7-1-2(8)4(10)6(12,18-21(13,16-2)17-4)5(11)3(1,9)19-22(14,15)20-5/h1,7-12H/t1-,2+,3-,4-,5-,6-,21?/m1/s1. The Hall–Kier alpha value is -0.260. The van der Waals surface area contributed by atoms with Crippen molar-refractivity contribution in [3.05, 3.63) is 0 Å². The molecule has 0 spiro atoms. The van der Waals surface area contributed by atoms with Crippen molar-refractivity contribution >= 4 is 18.2 Å². The van der Waals surface area contributed by atoms with E-state index in [0.29, 0.717) is 0 Å². The molecule has 126 valence electrons. The number of hydrogen-bond donors (Lipinski definition) is 6. The van der Waals surface area contributed by atoms with Crippen molar-refractivity contribution in [1.82, 2.24) is 0 Å². The van der Waals surface area contributed by atoms with E-state index in [1.165, 1.54) is 0 Å². The summed E-state index contributed by atoms with van der Waals surface area (Å²) >= 11 is 0. The minimum Gasteiger partial charge on any atom is -0.382 e. The maximum Gasteiger partial charge on any atom is 0.483 e. The van der Waals surface area contributed by atoms with E-state index >= 15 is 0 Å². The molecule has 4 aliphatic rings. The molecule has 1 saturated carbocycles. The summed E-state index contributed by atoms with van der Waals surface area (Å²) in [5.74, 6) is -18.9. The van der Waals surface area contributed by atoms with E-state index in [-0.39, 0.29) is 0 Å². The highest BCUT2D eigenvalue weighted by molar-refractivity contribution is 7.82. The summed E-state index contributed by atoms with van der Waals surface area (Å²) < 4.78 is 55.3. The van der Waals surface area contributed by atoms with Crippen LogP contribution in [-0.4, -0.2) is 74.1 Å². The largest absolute Gasteiger partial charge is 0.483 e. The van der Waals surface area contributed by atoms with Gasteiger partial charge in [-0.1, -0.05) is 0 Å². The lowest BCUT2D eigenvalue weighted by Crippen LogP contribution is -2.90. The SMILES string of the molecule is O=P12O[C@]3(O)[C@](O)(O1)[C@@](O)(O2)[C@@H](O)[C@@]1(O)OS(=O)(=O)O[C@@]31O. The predicted molar refractivity (Wildman–Crippen MR) is 52.7 cm³/mol. The molecule has 0 radical (unpaired) electrons. The summed E-state index contributed by atoms with van der Waals surface area (Å²) in [5.41, 5.74) is 0. The number of aliphatic hydroxyl groups excluding tert-OH is 1. The van der Waals surface area contributed by atoms with E-state index in [0.717, 1.165) is 0 Å². The molecule has 0 aromatic rings. The molecule has 3 aliphatic heterocycles. The quantitative estimate of drug-likeness (QED) is 0.222. The lowest BCUT2D eigenvalue weighted by atomic mass is 9.72. The Kier molecular flexibility index (Phi) is 2.27. The number of phosphoric acid groups is 1. The molecule has 6 N–H and O–H groups in total. The Bertz CT molecular complexity index is 744. The molecule has 1 unspecified atom stereocenters. The molecular weight excluding hydrogens is 359 g/mol. The first kappa shape index (κ1) is 15.3. The van der Waals surface area contributed by atoms with Gasteiger partial charge in [0.05, 0.1) is 0 Å². The lowest BCUT2D eigenvalue weighted by molar-refractivity contribution is -0.545.